The molecule has 2 aromatic carbocycles. The van der Waals surface area contributed by atoms with Gasteiger partial charge in [0, 0.05) is 11.8 Å². The van der Waals surface area contributed by atoms with Gasteiger partial charge in [0.1, 0.15) is 5.75 Å². The highest BCUT2D eigenvalue weighted by Gasteiger charge is 2.30. The molecule has 0 heterocycles. The molecule has 0 aliphatic heterocycles. The van der Waals surface area contributed by atoms with E-state index in [1.165, 1.54) is 0 Å². The third-order valence-corrected chi connectivity index (χ3v) is 2.86. The van der Waals surface area contributed by atoms with Crippen molar-refractivity contribution in [2.24, 2.45) is 0 Å². The minimum atomic E-state index is -4.52. The highest BCUT2D eigenvalue weighted by molar-refractivity contribution is 5.89. The molecule has 2 N–H and O–H groups in total. The molecule has 0 saturated heterocycles. The first kappa shape index (κ1) is 17.3. The number of phenolic OH excluding ortho intramolecular Hbond substituents is 1. The molecule has 9 heteroatoms. The number of phenols is 1. The van der Waals surface area contributed by atoms with E-state index in [0.29, 0.717) is 0 Å². The zero-order valence-electron chi connectivity index (χ0n) is 11.7. The maximum atomic E-state index is 13.4. The summed E-state index contributed by atoms with van der Waals surface area (Å²) in [4.78, 5) is 22.3. The normalized spacial score (nSPS) is 11.0. The summed E-state index contributed by atoms with van der Waals surface area (Å²) >= 11 is 0. The van der Waals surface area contributed by atoms with Crippen LogP contribution in [-0.2, 0) is 6.18 Å². The zero-order valence-corrected chi connectivity index (χ0v) is 11.7. The second-order valence-electron chi connectivity index (χ2n) is 4.55. The van der Waals surface area contributed by atoms with Gasteiger partial charge in [0.25, 0.3) is 0 Å². The van der Waals surface area contributed by atoms with E-state index in [-0.39, 0.29) is 23.3 Å². The summed E-state index contributed by atoms with van der Waals surface area (Å²) in [6, 6.07) is 5.09. The van der Waals surface area contributed by atoms with Crippen LogP contribution in [0, 0.1) is 5.82 Å². The molecule has 1 amide bonds. The first-order valence-corrected chi connectivity index (χ1v) is 6.34. The molecular weight excluding hydrogens is 334 g/mol. The minimum Gasteiger partial charge on any atom is -0.504 e. The Morgan fingerprint density at radius 3 is 2.33 bits per heavy atom. The van der Waals surface area contributed by atoms with Crippen molar-refractivity contribution < 1.29 is 37.0 Å². The summed E-state index contributed by atoms with van der Waals surface area (Å²) in [5.41, 5.74) is -1.48. The predicted octanol–water partition coefficient (Wildman–Crippen LogP) is 3.97. The Morgan fingerprint density at radius 2 is 1.79 bits per heavy atom. The van der Waals surface area contributed by atoms with Gasteiger partial charge in [0.2, 0.25) is 0 Å². The molecule has 126 valence electrons. The van der Waals surface area contributed by atoms with Crippen molar-refractivity contribution >= 4 is 18.1 Å². The van der Waals surface area contributed by atoms with Crippen molar-refractivity contribution in [3.63, 3.8) is 0 Å². The van der Waals surface area contributed by atoms with Crippen molar-refractivity contribution in [2.75, 3.05) is 5.32 Å². The number of hydrogen-bond acceptors (Lipinski definition) is 4. The average molecular weight is 343 g/mol. The topological polar surface area (TPSA) is 75.6 Å². The minimum absolute atomic E-state index is 0.171. The van der Waals surface area contributed by atoms with E-state index in [1.54, 1.807) is 0 Å². The zero-order chi connectivity index (χ0) is 17.9. The van der Waals surface area contributed by atoms with E-state index < -0.39 is 29.4 Å². The first-order valence-electron chi connectivity index (χ1n) is 6.34. The molecule has 0 bridgehead atoms. The first-order chi connectivity index (χ1) is 11.2. The van der Waals surface area contributed by atoms with Gasteiger partial charge < -0.3 is 9.84 Å². The molecule has 2 rings (SSSR count). The van der Waals surface area contributed by atoms with Gasteiger partial charge >= 0.3 is 12.3 Å². The Balaban J connectivity index is 2.08. The average Bonchev–Trinajstić information content (AvgIpc) is 2.50. The monoisotopic (exact) mass is 343 g/mol. The largest absolute Gasteiger partial charge is 0.504 e. The summed E-state index contributed by atoms with van der Waals surface area (Å²) in [6.45, 7) is 0. The highest BCUT2D eigenvalue weighted by Crippen LogP contribution is 2.30. The van der Waals surface area contributed by atoms with E-state index in [2.05, 4.69) is 5.32 Å². The fourth-order valence-corrected chi connectivity index (χ4v) is 1.74. The van der Waals surface area contributed by atoms with Crippen LogP contribution >= 0.6 is 0 Å². The molecule has 0 atom stereocenters. The van der Waals surface area contributed by atoms with Crippen LogP contribution in [0.3, 0.4) is 0 Å². The van der Waals surface area contributed by atoms with Crippen molar-refractivity contribution in [1.29, 1.82) is 0 Å². The molecule has 24 heavy (non-hydrogen) atoms. The Morgan fingerprint density at radius 1 is 1.17 bits per heavy atom. The number of ether oxygens (including phenoxy) is 1. The van der Waals surface area contributed by atoms with Gasteiger partial charge in [0.05, 0.1) is 11.1 Å². The molecule has 0 aliphatic carbocycles. The smallest absolute Gasteiger partial charge is 0.417 e. The van der Waals surface area contributed by atoms with Crippen LogP contribution in [-0.4, -0.2) is 17.5 Å². The van der Waals surface area contributed by atoms with Crippen molar-refractivity contribution in [3.8, 4) is 11.5 Å². The number of alkyl halides is 3. The fourth-order valence-electron chi connectivity index (χ4n) is 1.74. The van der Waals surface area contributed by atoms with Crippen molar-refractivity contribution in [1.82, 2.24) is 0 Å². The third kappa shape index (κ3) is 4.00. The SMILES string of the molecule is O=Cc1cc(NC(=O)Oc2ccc(C(F)(F)F)cc2)cc(F)c1O. The molecule has 0 radical (unpaired) electrons. The number of aromatic hydroxyl groups is 1. The molecular formula is C15H9F4NO4. The third-order valence-electron chi connectivity index (χ3n) is 2.86. The highest BCUT2D eigenvalue weighted by atomic mass is 19.4. The standard InChI is InChI=1S/C15H9F4NO4/c16-12-6-10(5-8(7-21)13(12)22)20-14(23)24-11-3-1-9(2-4-11)15(17,18)19/h1-7,22H,(H,20,23). The number of aldehydes is 1. The van der Waals surface area contributed by atoms with Crippen molar-refractivity contribution in [2.45, 2.75) is 6.18 Å². The van der Waals surface area contributed by atoms with Crippen LogP contribution in [0.15, 0.2) is 36.4 Å². The van der Waals surface area contributed by atoms with E-state index in [1.807, 2.05) is 0 Å². The quantitative estimate of drug-likeness (QED) is 0.502. The maximum Gasteiger partial charge on any atom is 0.417 e. The van der Waals surface area contributed by atoms with Crippen LogP contribution in [0.5, 0.6) is 11.5 Å². The predicted molar refractivity (Wildman–Crippen MR) is 74.5 cm³/mol. The van der Waals surface area contributed by atoms with E-state index in [9.17, 15) is 32.3 Å². The Hall–Kier alpha value is -3.10. The number of nitrogens with one attached hydrogen (secondary N) is 1. The maximum absolute atomic E-state index is 13.4. The summed E-state index contributed by atoms with van der Waals surface area (Å²) in [5.74, 6) is -2.17. The van der Waals surface area contributed by atoms with Gasteiger partial charge in [-0.05, 0) is 30.3 Å². The number of amides is 1. The second-order valence-corrected chi connectivity index (χ2v) is 4.55. The number of carbonyl (C=O) groups is 2. The van der Waals surface area contributed by atoms with E-state index in [0.717, 1.165) is 36.4 Å². The lowest BCUT2D eigenvalue weighted by Crippen LogP contribution is -2.17. The Bertz CT molecular complexity index is 772. The van der Waals surface area contributed by atoms with Crippen LogP contribution in [0.4, 0.5) is 28.0 Å². The van der Waals surface area contributed by atoms with Gasteiger partial charge in [-0.1, -0.05) is 0 Å². The summed E-state index contributed by atoms with van der Waals surface area (Å²) in [5, 5.41) is 11.3. The number of anilines is 1. The molecule has 0 spiro atoms. The molecule has 2 aromatic rings. The van der Waals surface area contributed by atoms with Gasteiger partial charge in [0.15, 0.2) is 17.9 Å². The lowest BCUT2D eigenvalue weighted by atomic mass is 10.2. The number of rotatable bonds is 3. The number of benzene rings is 2. The molecule has 0 aliphatic rings. The molecule has 0 unspecified atom stereocenters. The fraction of sp³-hybridized carbons (Fsp3) is 0.0667. The number of hydrogen-bond donors (Lipinski definition) is 2. The van der Waals surface area contributed by atoms with E-state index >= 15 is 0 Å². The number of carbonyl (C=O) groups excluding carboxylic acids is 2. The molecule has 5 nitrogen and oxygen atoms in total. The molecule has 0 aromatic heterocycles. The summed E-state index contributed by atoms with van der Waals surface area (Å²) < 4.78 is 55.3. The van der Waals surface area contributed by atoms with Gasteiger partial charge in [-0.25, -0.2) is 9.18 Å². The van der Waals surface area contributed by atoms with Crippen LogP contribution in [0.1, 0.15) is 15.9 Å². The molecule has 0 saturated carbocycles. The lowest BCUT2D eigenvalue weighted by molar-refractivity contribution is -0.137. The van der Waals surface area contributed by atoms with Crippen molar-refractivity contribution in [3.05, 3.63) is 53.3 Å². The Kier molecular flexibility index (Phi) is 4.72. The van der Waals surface area contributed by atoms with Gasteiger partial charge in [-0.3, -0.25) is 10.1 Å². The van der Waals surface area contributed by atoms with Gasteiger partial charge in [-0.2, -0.15) is 13.2 Å². The summed E-state index contributed by atoms with van der Waals surface area (Å²) in [6.07, 6.45) is -5.45. The summed E-state index contributed by atoms with van der Waals surface area (Å²) in [7, 11) is 0. The van der Waals surface area contributed by atoms with E-state index in [4.69, 9.17) is 4.74 Å². The van der Waals surface area contributed by atoms with Crippen LogP contribution in [0.25, 0.3) is 0 Å². The van der Waals surface area contributed by atoms with Gasteiger partial charge in [-0.15, -0.1) is 0 Å². The molecule has 0 fully saturated rings. The lowest BCUT2D eigenvalue weighted by Gasteiger charge is -2.10. The van der Waals surface area contributed by atoms with Crippen LogP contribution in [0.2, 0.25) is 0 Å². The Labute approximate surface area is 132 Å². The van der Waals surface area contributed by atoms with Crippen LogP contribution < -0.4 is 10.1 Å². The number of halogens is 4. The second kappa shape index (κ2) is 6.57.